The molecule has 0 aliphatic carbocycles. The predicted octanol–water partition coefficient (Wildman–Crippen LogP) is 5.16. The molecule has 100 valence electrons. The zero-order valence-electron chi connectivity index (χ0n) is 10.2. The first kappa shape index (κ1) is 14.5. The highest BCUT2D eigenvalue weighted by Gasteiger charge is 2.08. The Labute approximate surface area is 127 Å². The molecule has 0 amide bonds. The van der Waals surface area contributed by atoms with Crippen LogP contribution in [0.4, 0.5) is 0 Å². The highest BCUT2D eigenvalue weighted by molar-refractivity contribution is 6.43. The van der Waals surface area contributed by atoms with E-state index in [-0.39, 0.29) is 0 Å². The first-order chi connectivity index (χ1) is 9.10. The summed E-state index contributed by atoms with van der Waals surface area (Å²) in [5, 5.41) is 4.32. The Balaban J connectivity index is 2.25. The molecule has 0 spiro atoms. The van der Waals surface area contributed by atoms with Crippen molar-refractivity contribution < 1.29 is 4.74 Å². The summed E-state index contributed by atoms with van der Waals surface area (Å²) in [5.41, 5.74) is 1.12. The second-order valence-electron chi connectivity index (χ2n) is 3.98. The molecule has 0 unspecified atom stereocenters. The molecule has 1 N–H and O–H groups in total. The van der Waals surface area contributed by atoms with Gasteiger partial charge in [-0.2, -0.15) is 0 Å². The second-order valence-corrected chi connectivity index (χ2v) is 5.20. The lowest BCUT2D eigenvalue weighted by Crippen LogP contribution is -2.04. The van der Waals surface area contributed by atoms with E-state index in [1.807, 2.05) is 31.3 Å². The van der Waals surface area contributed by atoms with Crippen LogP contribution in [-0.2, 0) is 6.54 Å². The summed E-state index contributed by atoms with van der Waals surface area (Å²) in [6.07, 6.45) is 0. The standard InChI is InChI=1S/C14H12Cl3NO/c1-18-8-9-3-2-4-10(5-9)19-14-7-12(16)11(15)6-13(14)17/h2-7,18H,8H2,1H3. The van der Waals surface area contributed by atoms with E-state index in [0.29, 0.717) is 26.6 Å². The van der Waals surface area contributed by atoms with Crippen molar-refractivity contribution in [2.24, 2.45) is 0 Å². The molecule has 0 saturated carbocycles. The highest BCUT2D eigenvalue weighted by Crippen LogP contribution is 2.36. The van der Waals surface area contributed by atoms with Crippen molar-refractivity contribution >= 4 is 34.8 Å². The molecule has 0 aliphatic heterocycles. The van der Waals surface area contributed by atoms with Gasteiger partial charge in [-0.25, -0.2) is 0 Å². The number of benzene rings is 2. The van der Waals surface area contributed by atoms with Crippen LogP contribution in [0.5, 0.6) is 11.5 Å². The van der Waals surface area contributed by atoms with Crippen LogP contribution >= 0.6 is 34.8 Å². The molecule has 0 heterocycles. The van der Waals surface area contributed by atoms with Crippen molar-refractivity contribution in [3.8, 4) is 11.5 Å². The Kier molecular flexibility index (Phi) is 4.94. The monoisotopic (exact) mass is 315 g/mol. The van der Waals surface area contributed by atoms with E-state index >= 15 is 0 Å². The first-order valence-corrected chi connectivity index (χ1v) is 6.79. The van der Waals surface area contributed by atoms with Gasteiger partial charge in [-0.1, -0.05) is 46.9 Å². The summed E-state index contributed by atoms with van der Waals surface area (Å²) in [6.45, 7) is 0.770. The van der Waals surface area contributed by atoms with Crippen LogP contribution in [0.3, 0.4) is 0 Å². The third-order valence-electron chi connectivity index (χ3n) is 2.48. The number of hydrogen-bond donors (Lipinski definition) is 1. The highest BCUT2D eigenvalue weighted by atomic mass is 35.5. The smallest absolute Gasteiger partial charge is 0.147 e. The van der Waals surface area contributed by atoms with Crippen LogP contribution in [0.25, 0.3) is 0 Å². The van der Waals surface area contributed by atoms with Gasteiger partial charge in [0.05, 0.1) is 15.1 Å². The summed E-state index contributed by atoms with van der Waals surface area (Å²) in [4.78, 5) is 0. The molecule has 0 fully saturated rings. The molecule has 0 atom stereocenters. The average molecular weight is 317 g/mol. The minimum Gasteiger partial charge on any atom is -0.456 e. The topological polar surface area (TPSA) is 21.3 Å². The molecular weight excluding hydrogens is 305 g/mol. The van der Waals surface area contributed by atoms with Crippen LogP contribution in [0.2, 0.25) is 15.1 Å². The van der Waals surface area contributed by atoms with Gasteiger partial charge in [-0.15, -0.1) is 0 Å². The summed E-state index contributed by atoms with van der Waals surface area (Å²) in [5.74, 6) is 1.19. The van der Waals surface area contributed by atoms with E-state index in [1.165, 1.54) is 0 Å². The van der Waals surface area contributed by atoms with Gasteiger partial charge in [0.1, 0.15) is 11.5 Å². The minimum atomic E-state index is 0.406. The summed E-state index contributed by atoms with van der Waals surface area (Å²) in [7, 11) is 1.89. The molecule has 0 radical (unpaired) electrons. The number of nitrogens with one attached hydrogen (secondary N) is 1. The van der Waals surface area contributed by atoms with Crippen molar-refractivity contribution in [2.45, 2.75) is 6.54 Å². The molecule has 0 bridgehead atoms. The lowest BCUT2D eigenvalue weighted by Gasteiger charge is -2.10. The number of halogens is 3. The lowest BCUT2D eigenvalue weighted by molar-refractivity contribution is 0.482. The van der Waals surface area contributed by atoms with Crippen molar-refractivity contribution in [3.05, 3.63) is 57.0 Å². The Morgan fingerprint density at radius 1 is 1.00 bits per heavy atom. The van der Waals surface area contributed by atoms with Crippen molar-refractivity contribution in [2.75, 3.05) is 7.05 Å². The largest absolute Gasteiger partial charge is 0.456 e. The van der Waals surface area contributed by atoms with E-state index in [0.717, 1.165) is 12.1 Å². The van der Waals surface area contributed by atoms with Crippen molar-refractivity contribution in [1.29, 1.82) is 0 Å². The van der Waals surface area contributed by atoms with E-state index in [9.17, 15) is 0 Å². The third-order valence-corrected chi connectivity index (χ3v) is 3.50. The van der Waals surface area contributed by atoms with E-state index < -0.39 is 0 Å². The van der Waals surface area contributed by atoms with Gasteiger partial charge in [-0.3, -0.25) is 0 Å². The molecular formula is C14H12Cl3NO. The quantitative estimate of drug-likeness (QED) is 0.787. The number of ether oxygens (including phenoxy) is 1. The van der Waals surface area contributed by atoms with E-state index in [2.05, 4.69) is 5.32 Å². The van der Waals surface area contributed by atoms with Gasteiger partial charge in [0, 0.05) is 12.6 Å². The zero-order valence-corrected chi connectivity index (χ0v) is 12.5. The van der Waals surface area contributed by atoms with Crippen LogP contribution < -0.4 is 10.1 Å². The maximum atomic E-state index is 6.07. The average Bonchev–Trinajstić information content (AvgIpc) is 2.37. The van der Waals surface area contributed by atoms with E-state index in [4.69, 9.17) is 39.5 Å². The SMILES string of the molecule is CNCc1cccc(Oc2cc(Cl)c(Cl)cc2Cl)c1. The van der Waals surface area contributed by atoms with Gasteiger partial charge in [0.2, 0.25) is 0 Å². The molecule has 2 aromatic carbocycles. The fourth-order valence-electron chi connectivity index (χ4n) is 1.63. The molecule has 19 heavy (non-hydrogen) atoms. The van der Waals surface area contributed by atoms with Crippen LogP contribution in [-0.4, -0.2) is 7.05 Å². The van der Waals surface area contributed by atoms with Crippen LogP contribution in [0, 0.1) is 0 Å². The van der Waals surface area contributed by atoms with E-state index in [1.54, 1.807) is 12.1 Å². The fraction of sp³-hybridized carbons (Fsp3) is 0.143. The molecule has 0 aromatic heterocycles. The molecule has 5 heteroatoms. The van der Waals surface area contributed by atoms with Crippen molar-refractivity contribution in [1.82, 2.24) is 5.32 Å². The predicted molar refractivity (Wildman–Crippen MR) is 80.8 cm³/mol. The van der Waals surface area contributed by atoms with Gasteiger partial charge >= 0.3 is 0 Å². The maximum Gasteiger partial charge on any atom is 0.147 e. The van der Waals surface area contributed by atoms with Gasteiger partial charge in [-0.05, 0) is 30.8 Å². The zero-order chi connectivity index (χ0) is 13.8. The summed E-state index contributed by atoms with van der Waals surface area (Å²) >= 11 is 17.9. The summed E-state index contributed by atoms with van der Waals surface area (Å²) < 4.78 is 5.73. The van der Waals surface area contributed by atoms with Crippen LogP contribution in [0.15, 0.2) is 36.4 Å². The Hall–Kier alpha value is -0.930. The first-order valence-electron chi connectivity index (χ1n) is 5.66. The second kappa shape index (κ2) is 6.49. The normalized spacial score (nSPS) is 10.5. The molecule has 2 rings (SSSR count). The van der Waals surface area contributed by atoms with Gasteiger partial charge < -0.3 is 10.1 Å². The maximum absolute atomic E-state index is 6.07. The van der Waals surface area contributed by atoms with Crippen molar-refractivity contribution in [3.63, 3.8) is 0 Å². The lowest BCUT2D eigenvalue weighted by atomic mass is 10.2. The Morgan fingerprint density at radius 2 is 1.74 bits per heavy atom. The number of rotatable bonds is 4. The summed E-state index contributed by atoms with van der Waals surface area (Å²) in [6, 6.07) is 10.9. The molecule has 0 saturated heterocycles. The fourth-order valence-corrected chi connectivity index (χ4v) is 2.21. The Morgan fingerprint density at radius 3 is 2.47 bits per heavy atom. The molecule has 0 aliphatic rings. The molecule has 2 aromatic rings. The van der Waals surface area contributed by atoms with Gasteiger partial charge in [0.25, 0.3) is 0 Å². The third kappa shape index (κ3) is 3.77. The Bertz CT molecular complexity index is 587. The van der Waals surface area contributed by atoms with Gasteiger partial charge in [0.15, 0.2) is 0 Å². The molecule has 2 nitrogen and oxygen atoms in total. The number of hydrogen-bond acceptors (Lipinski definition) is 2. The minimum absolute atomic E-state index is 0.406. The van der Waals surface area contributed by atoms with Crippen LogP contribution in [0.1, 0.15) is 5.56 Å².